The molecule has 5 atom stereocenters. The van der Waals surface area contributed by atoms with Gasteiger partial charge < -0.3 is 13.9 Å². The highest BCUT2D eigenvalue weighted by Crippen LogP contribution is 2.61. The molecule has 1 heterocycles. The highest BCUT2D eigenvalue weighted by atomic mass is 28.4. The summed E-state index contributed by atoms with van der Waals surface area (Å²) in [6.45, 7) is 21.3. The average Bonchev–Trinajstić information content (AvgIpc) is 3.07. The molecule has 1 aliphatic heterocycles. The first kappa shape index (κ1) is 27.8. The van der Waals surface area contributed by atoms with Gasteiger partial charge in [-0.15, -0.1) is 0 Å². The number of hydrogen-bond donors (Lipinski definition) is 0. The van der Waals surface area contributed by atoms with E-state index in [0.717, 1.165) is 24.8 Å². The lowest BCUT2D eigenvalue weighted by molar-refractivity contribution is -0.162. The molecule has 0 unspecified atom stereocenters. The molecule has 0 N–H and O–H groups in total. The lowest BCUT2D eigenvalue weighted by atomic mass is 9.46. The van der Waals surface area contributed by atoms with Crippen molar-refractivity contribution in [1.29, 1.82) is 0 Å². The maximum Gasteiger partial charge on any atom is 0.336 e. The summed E-state index contributed by atoms with van der Waals surface area (Å²) in [6, 6.07) is 0. The summed E-state index contributed by atoms with van der Waals surface area (Å²) in [7, 11) is -2.08. The lowest BCUT2D eigenvalue weighted by Crippen LogP contribution is -2.56. The van der Waals surface area contributed by atoms with E-state index in [9.17, 15) is 14.4 Å². The van der Waals surface area contributed by atoms with Crippen LogP contribution in [0.1, 0.15) is 73.6 Å². The maximum atomic E-state index is 13.1. The van der Waals surface area contributed by atoms with Crippen molar-refractivity contribution >= 4 is 26.0 Å². The van der Waals surface area contributed by atoms with Gasteiger partial charge in [0.25, 0.3) is 0 Å². The van der Waals surface area contributed by atoms with Crippen molar-refractivity contribution in [3.63, 3.8) is 0 Å². The average molecular weight is 505 g/mol. The first-order valence-corrected chi connectivity index (χ1v) is 15.8. The van der Waals surface area contributed by atoms with Crippen molar-refractivity contribution in [1.82, 2.24) is 0 Å². The minimum absolute atomic E-state index is 0.0309. The summed E-state index contributed by atoms with van der Waals surface area (Å²) in [4.78, 5) is 37.3. The Labute approximate surface area is 212 Å². The van der Waals surface area contributed by atoms with Crippen LogP contribution in [-0.4, -0.2) is 45.4 Å². The summed E-state index contributed by atoms with van der Waals surface area (Å²) >= 11 is 0. The Hall–Kier alpha value is -1.73. The highest BCUT2D eigenvalue weighted by Gasteiger charge is 2.58. The Kier molecular flexibility index (Phi) is 7.65. The predicted molar refractivity (Wildman–Crippen MR) is 138 cm³/mol. The highest BCUT2D eigenvalue weighted by molar-refractivity contribution is 6.74. The number of cyclic esters (lactones) is 1. The van der Waals surface area contributed by atoms with Crippen LogP contribution in [-0.2, 0) is 28.3 Å². The largest absolute Gasteiger partial charge is 0.465 e. The van der Waals surface area contributed by atoms with Gasteiger partial charge in [-0.2, -0.15) is 0 Å². The van der Waals surface area contributed by atoms with Crippen LogP contribution < -0.4 is 0 Å². The molecule has 0 aromatic rings. The van der Waals surface area contributed by atoms with Crippen molar-refractivity contribution in [3.8, 4) is 0 Å². The fraction of sp³-hybridized carbons (Fsp3) is 0.750. The Bertz CT molecular complexity index is 928. The summed E-state index contributed by atoms with van der Waals surface area (Å²) in [6.07, 6.45) is 5.24. The van der Waals surface area contributed by atoms with Gasteiger partial charge in [0.1, 0.15) is 25.1 Å². The molecule has 0 amide bonds. The van der Waals surface area contributed by atoms with Crippen LogP contribution in [0.25, 0.3) is 0 Å². The third kappa shape index (κ3) is 5.22. The zero-order chi connectivity index (χ0) is 26.4. The fourth-order valence-corrected chi connectivity index (χ4v) is 7.47. The number of esters is 2. The van der Waals surface area contributed by atoms with E-state index in [4.69, 9.17) is 13.9 Å². The normalized spacial score (nSPS) is 35.1. The molecule has 0 radical (unpaired) electrons. The van der Waals surface area contributed by atoms with Gasteiger partial charge in [-0.3, -0.25) is 9.59 Å². The van der Waals surface area contributed by atoms with Crippen molar-refractivity contribution < 1.29 is 28.3 Å². The number of rotatable bonds is 6. The predicted octanol–water partition coefficient (Wildman–Crippen LogP) is 5.77. The molecule has 196 valence electrons. The summed E-state index contributed by atoms with van der Waals surface area (Å²) in [5, 5.41) is 0.0309. The molecule has 1 saturated heterocycles. The smallest absolute Gasteiger partial charge is 0.336 e. The van der Waals surface area contributed by atoms with Gasteiger partial charge in [-0.1, -0.05) is 45.9 Å². The van der Waals surface area contributed by atoms with Crippen LogP contribution in [0.2, 0.25) is 18.1 Å². The molecule has 0 aromatic heterocycles. The van der Waals surface area contributed by atoms with E-state index in [-0.39, 0.29) is 59.3 Å². The summed E-state index contributed by atoms with van der Waals surface area (Å²) < 4.78 is 17.4. The van der Waals surface area contributed by atoms with Gasteiger partial charge in [-0.05, 0) is 68.0 Å². The Morgan fingerprint density at radius 2 is 1.89 bits per heavy atom. The van der Waals surface area contributed by atoms with Crippen LogP contribution >= 0.6 is 0 Å². The number of ether oxygens (including phenoxy) is 2. The van der Waals surface area contributed by atoms with E-state index in [1.54, 1.807) is 0 Å². The second-order valence-electron chi connectivity index (χ2n) is 12.8. The molecule has 2 aliphatic carbocycles. The molecule has 3 aliphatic rings. The SMILES string of the molecule is C=C1CC[C@H]2[C@@](C)(CCC(=O)[C@@]2(C)COC(C)=O)[C@@H]1C/C=C1/C(=O)OC[C@H]1O[Si](C)(C)C(C)(C)C. The number of carbonyl (C=O) groups excluding carboxylic acids is 3. The van der Waals surface area contributed by atoms with Crippen LogP contribution in [0.4, 0.5) is 0 Å². The lowest BCUT2D eigenvalue weighted by Gasteiger charge is -2.57. The van der Waals surface area contributed by atoms with E-state index < -0.39 is 13.7 Å². The van der Waals surface area contributed by atoms with Gasteiger partial charge in [0, 0.05) is 13.3 Å². The number of fused-ring (bicyclic) bond motifs is 1. The Balaban J connectivity index is 1.87. The second kappa shape index (κ2) is 9.62. The number of Topliss-reactive ketones (excluding diaryl/α,β-unsaturated/α-hetero) is 1. The van der Waals surface area contributed by atoms with Crippen LogP contribution in [0, 0.1) is 22.7 Å². The molecule has 0 bridgehead atoms. The van der Waals surface area contributed by atoms with Crippen molar-refractivity contribution in [2.24, 2.45) is 22.7 Å². The molecule has 6 nitrogen and oxygen atoms in total. The molecule has 7 heteroatoms. The third-order valence-electron chi connectivity index (χ3n) is 9.48. The fourth-order valence-electron chi connectivity index (χ4n) is 6.21. The molecular formula is C28H44O6Si. The first-order chi connectivity index (χ1) is 16.0. The van der Waals surface area contributed by atoms with Crippen molar-refractivity contribution in [3.05, 3.63) is 23.8 Å². The van der Waals surface area contributed by atoms with E-state index in [1.807, 2.05) is 13.0 Å². The van der Waals surface area contributed by atoms with Crippen molar-refractivity contribution in [2.75, 3.05) is 13.2 Å². The Morgan fingerprint density at radius 1 is 1.23 bits per heavy atom. The van der Waals surface area contributed by atoms with E-state index in [2.05, 4.69) is 47.4 Å². The van der Waals surface area contributed by atoms with Crippen molar-refractivity contribution in [2.45, 2.75) is 97.9 Å². The molecule has 2 saturated carbocycles. The number of hydrogen-bond acceptors (Lipinski definition) is 6. The summed E-state index contributed by atoms with van der Waals surface area (Å²) in [5.74, 6) is -0.275. The van der Waals surface area contributed by atoms with Gasteiger partial charge in [0.05, 0.1) is 11.0 Å². The monoisotopic (exact) mass is 504 g/mol. The van der Waals surface area contributed by atoms with Crippen LogP contribution in [0.5, 0.6) is 0 Å². The number of ketones is 1. The van der Waals surface area contributed by atoms with Gasteiger partial charge >= 0.3 is 11.9 Å². The van der Waals surface area contributed by atoms with E-state index >= 15 is 0 Å². The quantitative estimate of drug-likeness (QED) is 0.198. The standard InChI is InChI=1S/C28H44O6Si/c1-18-10-13-23-27(6,15-14-24(30)28(23,7)17-33-19(2)29)21(18)12-11-20-22(16-32-25(20)31)34-35(8,9)26(3,4)5/h11,21-23H,1,10,12-17H2,2-9H3/b20-11+/t21-,22-,23+,27+,28+/m1/s1. The topological polar surface area (TPSA) is 78.9 Å². The molecule has 0 spiro atoms. The molecular weight excluding hydrogens is 460 g/mol. The number of allylic oxidation sites excluding steroid dienone is 2. The zero-order valence-corrected chi connectivity index (χ0v) is 23.9. The second-order valence-corrected chi connectivity index (χ2v) is 17.5. The van der Waals surface area contributed by atoms with Gasteiger partial charge in [0.15, 0.2) is 8.32 Å². The van der Waals surface area contributed by atoms with Gasteiger partial charge in [0.2, 0.25) is 0 Å². The van der Waals surface area contributed by atoms with E-state index in [1.165, 1.54) is 6.92 Å². The first-order valence-electron chi connectivity index (χ1n) is 12.9. The van der Waals surface area contributed by atoms with Crippen LogP contribution in [0.15, 0.2) is 23.8 Å². The minimum Gasteiger partial charge on any atom is -0.465 e. The van der Waals surface area contributed by atoms with E-state index in [0.29, 0.717) is 18.4 Å². The third-order valence-corrected chi connectivity index (χ3v) is 14.0. The summed E-state index contributed by atoms with van der Waals surface area (Å²) in [5.41, 5.74) is 0.902. The van der Waals surface area contributed by atoms with Gasteiger partial charge in [-0.25, -0.2) is 4.79 Å². The minimum atomic E-state index is -2.08. The molecule has 3 fully saturated rings. The molecule has 35 heavy (non-hydrogen) atoms. The van der Waals surface area contributed by atoms with Crippen LogP contribution in [0.3, 0.4) is 0 Å². The zero-order valence-electron chi connectivity index (χ0n) is 22.9. The maximum absolute atomic E-state index is 13.1. The Morgan fingerprint density at radius 3 is 2.49 bits per heavy atom. The molecule has 0 aromatic carbocycles. The molecule has 3 rings (SSSR count). The number of carbonyl (C=O) groups is 3.